The molecule has 6 heteroatoms. The Kier molecular flexibility index (Phi) is 5.58. The number of rotatable bonds is 5. The molecule has 21 heavy (non-hydrogen) atoms. The third-order valence-electron chi connectivity index (χ3n) is 4.06. The highest BCUT2D eigenvalue weighted by atomic mass is 79.9. The Morgan fingerprint density at radius 3 is 2.86 bits per heavy atom. The molecular weight excluding hydrogens is 334 g/mol. The molecule has 0 saturated carbocycles. The van der Waals surface area contributed by atoms with Gasteiger partial charge in [-0.15, -0.1) is 0 Å². The molecule has 1 N–H and O–H groups in total. The Bertz CT molecular complexity index is 516. The summed E-state index contributed by atoms with van der Waals surface area (Å²) in [6, 6.07) is 3.54. The molecule has 0 aliphatic carbocycles. The molecule has 1 atom stereocenters. The van der Waals surface area contributed by atoms with Gasteiger partial charge in [0.15, 0.2) is 0 Å². The Labute approximate surface area is 134 Å². The molecule has 2 rings (SSSR count). The Morgan fingerprint density at radius 1 is 1.52 bits per heavy atom. The predicted molar refractivity (Wildman–Crippen MR) is 89.0 cm³/mol. The van der Waals surface area contributed by atoms with Crippen LogP contribution in [-0.4, -0.2) is 31.1 Å². The van der Waals surface area contributed by atoms with E-state index >= 15 is 0 Å². The minimum atomic E-state index is -0.328. The zero-order valence-corrected chi connectivity index (χ0v) is 14.1. The number of nitrogens with zero attached hydrogens (tertiary/aromatic N) is 2. The van der Waals surface area contributed by atoms with Crippen molar-refractivity contribution in [2.75, 3.05) is 31.1 Å². The summed E-state index contributed by atoms with van der Waals surface area (Å²) in [7, 11) is 0. The average Bonchev–Trinajstić information content (AvgIpc) is 2.47. The van der Waals surface area contributed by atoms with Crippen LogP contribution < -0.4 is 10.2 Å². The number of hydrogen-bond acceptors (Lipinski definition) is 4. The van der Waals surface area contributed by atoms with Gasteiger partial charge in [0, 0.05) is 29.2 Å². The van der Waals surface area contributed by atoms with Crippen LogP contribution in [0, 0.1) is 23.0 Å². The van der Waals surface area contributed by atoms with Crippen LogP contribution in [0.3, 0.4) is 0 Å². The summed E-state index contributed by atoms with van der Waals surface area (Å²) in [6.45, 7) is 7.97. The highest BCUT2D eigenvalue weighted by Crippen LogP contribution is 2.33. The number of hydrogen-bond donors (Lipinski definition) is 1. The van der Waals surface area contributed by atoms with Crippen LogP contribution in [0.5, 0.6) is 0 Å². The Morgan fingerprint density at radius 2 is 2.29 bits per heavy atom. The average molecular weight is 356 g/mol. The highest BCUT2D eigenvalue weighted by Gasteiger charge is 2.20. The number of nitro benzene ring substituents is 1. The van der Waals surface area contributed by atoms with Gasteiger partial charge in [-0.3, -0.25) is 10.1 Å². The van der Waals surface area contributed by atoms with Crippen molar-refractivity contribution in [2.24, 2.45) is 5.92 Å². The van der Waals surface area contributed by atoms with Crippen LogP contribution in [-0.2, 0) is 0 Å². The number of piperidine rings is 1. The molecule has 0 radical (unpaired) electrons. The molecular formula is C15H22BrN3O2. The maximum absolute atomic E-state index is 11.0. The van der Waals surface area contributed by atoms with E-state index < -0.39 is 0 Å². The number of anilines is 1. The van der Waals surface area contributed by atoms with E-state index in [0.29, 0.717) is 11.5 Å². The van der Waals surface area contributed by atoms with Crippen molar-refractivity contribution >= 4 is 27.3 Å². The summed E-state index contributed by atoms with van der Waals surface area (Å²) in [6.07, 6.45) is 2.47. The van der Waals surface area contributed by atoms with E-state index in [-0.39, 0.29) is 10.6 Å². The minimum absolute atomic E-state index is 0.168. The smallest absolute Gasteiger partial charge is 0.273 e. The molecule has 1 heterocycles. The lowest BCUT2D eigenvalue weighted by molar-refractivity contribution is -0.385. The van der Waals surface area contributed by atoms with Gasteiger partial charge in [0.2, 0.25) is 0 Å². The molecule has 1 unspecified atom stereocenters. The second-order valence-electron chi connectivity index (χ2n) is 5.60. The normalized spacial score (nSPS) is 18.5. The largest absolute Gasteiger partial charge is 0.371 e. The third kappa shape index (κ3) is 3.95. The second-order valence-corrected chi connectivity index (χ2v) is 6.45. The van der Waals surface area contributed by atoms with Crippen molar-refractivity contribution < 1.29 is 4.92 Å². The molecule has 1 aliphatic rings. The van der Waals surface area contributed by atoms with E-state index in [4.69, 9.17) is 0 Å². The SMILES string of the molecule is CCN(CC1CCCNC1)c1cc(C)c([N+](=O)[O-])cc1Br. The standard InChI is InChI=1S/C15H22BrN3O2/c1-3-18(10-12-5-4-6-17-9-12)15-7-11(2)14(19(20)21)8-13(15)16/h7-8,12,17H,3-6,9-10H2,1-2H3. The topological polar surface area (TPSA) is 58.4 Å². The number of aryl methyl sites for hydroxylation is 1. The molecule has 0 bridgehead atoms. The lowest BCUT2D eigenvalue weighted by Crippen LogP contribution is -2.38. The van der Waals surface area contributed by atoms with Gasteiger partial charge in [0.25, 0.3) is 5.69 Å². The van der Waals surface area contributed by atoms with Gasteiger partial charge in [0.05, 0.1) is 10.6 Å². The first-order chi connectivity index (χ1) is 10.0. The van der Waals surface area contributed by atoms with E-state index in [9.17, 15) is 10.1 Å². The van der Waals surface area contributed by atoms with E-state index in [2.05, 4.69) is 33.1 Å². The fourth-order valence-corrected chi connectivity index (χ4v) is 3.47. The van der Waals surface area contributed by atoms with Crippen LogP contribution in [0.4, 0.5) is 11.4 Å². The fourth-order valence-electron chi connectivity index (χ4n) is 2.88. The predicted octanol–water partition coefficient (Wildman–Crippen LogP) is 3.49. The number of halogens is 1. The van der Waals surface area contributed by atoms with Crippen LogP contribution >= 0.6 is 15.9 Å². The van der Waals surface area contributed by atoms with Crippen molar-refractivity contribution in [2.45, 2.75) is 26.7 Å². The molecule has 5 nitrogen and oxygen atoms in total. The molecule has 1 fully saturated rings. The first kappa shape index (κ1) is 16.2. The quantitative estimate of drug-likeness (QED) is 0.648. The van der Waals surface area contributed by atoms with Gasteiger partial charge >= 0.3 is 0 Å². The van der Waals surface area contributed by atoms with Crippen LogP contribution in [0.25, 0.3) is 0 Å². The van der Waals surface area contributed by atoms with Gasteiger partial charge in [-0.25, -0.2) is 0 Å². The molecule has 1 aromatic carbocycles. The van der Waals surface area contributed by atoms with Crippen LogP contribution in [0.1, 0.15) is 25.3 Å². The first-order valence-corrected chi connectivity index (χ1v) is 8.22. The van der Waals surface area contributed by atoms with E-state index in [1.165, 1.54) is 12.8 Å². The van der Waals surface area contributed by atoms with E-state index in [0.717, 1.165) is 36.3 Å². The van der Waals surface area contributed by atoms with Crippen LogP contribution in [0.2, 0.25) is 0 Å². The molecule has 1 aromatic rings. The number of nitrogens with one attached hydrogen (secondary N) is 1. The van der Waals surface area contributed by atoms with E-state index in [1.54, 1.807) is 13.0 Å². The summed E-state index contributed by atoms with van der Waals surface area (Å²) >= 11 is 3.49. The Hall–Kier alpha value is -1.14. The van der Waals surface area contributed by atoms with Crippen LogP contribution in [0.15, 0.2) is 16.6 Å². The third-order valence-corrected chi connectivity index (χ3v) is 4.70. The molecule has 1 aliphatic heterocycles. The number of nitro groups is 1. The Balaban J connectivity index is 2.21. The second kappa shape index (κ2) is 7.22. The van der Waals surface area contributed by atoms with Crippen molar-refractivity contribution in [3.05, 3.63) is 32.3 Å². The van der Waals surface area contributed by atoms with E-state index in [1.807, 2.05) is 6.07 Å². The van der Waals surface area contributed by atoms with Gasteiger partial charge < -0.3 is 10.2 Å². The summed E-state index contributed by atoms with van der Waals surface area (Å²) < 4.78 is 0.797. The highest BCUT2D eigenvalue weighted by molar-refractivity contribution is 9.10. The van der Waals surface area contributed by atoms with Gasteiger partial charge in [-0.05, 0) is 67.7 Å². The van der Waals surface area contributed by atoms with Crippen molar-refractivity contribution in [3.63, 3.8) is 0 Å². The molecule has 1 saturated heterocycles. The van der Waals surface area contributed by atoms with Crippen molar-refractivity contribution in [1.29, 1.82) is 0 Å². The first-order valence-electron chi connectivity index (χ1n) is 7.43. The zero-order chi connectivity index (χ0) is 15.4. The summed E-state index contributed by atoms with van der Waals surface area (Å²) in [4.78, 5) is 13.0. The summed E-state index contributed by atoms with van der Waals surface area (Å²) in [5.41, 5.74) is 1.92. The lowest BCUT2D eigenvalue weighted by atomic mass is 9.98. The molecule has 0 spiro atoms. The van der Waals surface area contributed by atoms with Gasteiger partial charge in [-0.1, -0.05) is 0 Å². The number of benzene rings is 1. The van der Waals surface area contributed by atoms with Gasteiger partial charge in [0.1, 0.15) is 0 Å². The summed E-state index contributed by atoms with van der Waals surface area (Å²) in [5, 5.41) is 14.4. The summed E-state index contributed by atoms with van der Waals surface area (Å²) in [5.74, 6) is 0.640. The molecule has 0 amide bonds. The van der Waals surface area contributed by atoms with Gasteiger partial charge in [-0.2, -0.15) is 0 Å². The molecule has 116 valence electrons. The monoisotopic (exact) mass is 355 g/mol. The fraction of sp³-hybridized carbons (Fsp3) is 0.600. The molecule has 0 aromatic heterocycles. The van der Waals surface area contributed by atoms with Crippen molar-refractivity contribution in [1.82, 2.24) is 5.32 Å². The zero-order valence-electron chi connectivity index (χ0n) is 12.6. The minimum Gasteiger partial charge on any atom is -0.371 e. The maximum Gasteiger partial charge on any atom is 0.273 e. The van der Waals surface area contributed by atoms with Crippen molar-refractivity contribution in [3.8, 4) is 0 Å². The lowest BCUT2D eigenvalue weighted by Gasteiger charge is -2.31. The maximum atomic E-state index is 11.0.